The third-order valence-electron chi connectivity index (χ3n) is 3.33. The summed E-state index contributed by atoms with van der Waals surface area (Å²) in [7, 11) is 0. The number of hydrogen-bond acceptors (Lipinski definition) is 2. The van der Waals surface area contributed by atoms with Gasteiger partial charge in [-0.15, -0.1) is 0 Å². The van der Waals surface area contributed by atoms with Gasteiger partial charge in [0.05, 0.1) is 11.4 Å². The first-order valence-electron chi connectivity index (χ1n) is 5.77. The number of anilines is 2. The van der Waals surface area contributed by atoms with Crippen molar-refractivity contribution in [2.45, 2.75) is 20.3 Å². The molecular weight excluding hydrogens is 208 g/mol. The van der Waals surface area contributed by atoms with Crippen LogP contribution in [0.1, 0.15) is 22.3 Å². The molecule has 0 heterocycles. The first kappa shape index (κ1) is 11.5. The van der Waals surface area contributed by atoms with Crippen molar-refractivity contribution in [3.63, 3.8) is 0 Å². The maximum Gasteiger partial charge on any atom is 0.0580 e. The Bertz CT molecular complexity index is 530. The van der Waals surface area contributed by atoms with Crippen molar-refractivity contribution < 1.29 is 0 Å². The molecule has 2 rings (SSSR count). The van der Waals surface area contributed by atoms with E-state index in [0.29, 0.717) is 11.4 Å². The van der Waals surface area contributed by atoms with Gasteiger partial charge in [-0.1, -0.05) is 30.3 Å². The first-order chi connectivity index (χ1) is 8.09. The van der Waals surface area contributed by atoms with Crippen LogP contribution in [0.5, 0.6) is 0 Å². The number of nitrogen functional groups attached to an aromatic ring is 2. The van der Waals surface area contributed by atoms with E-state index in [1.54, 1.807) is 0 Å². The molecule has 17 heavy (non-hydrogen) atoms. The van der Waals surface area contributed by atoms with Crippen molar-refractivity contribution in [1.29, 1.82) is 0 Å². The van der Waals surface area contributed by atoms with Crippen LogP contribution in [-0.4, -0.2) is 0 Å². The molecule has 0 aromatic heterocycles. The van der Waals surface area contributed by atoms with Gasteiger partial charge in [0, 0.05) is 0 Å². The molecule has 0 amide bonds. The van der Waals surface area contributed by atoms with Gasteiger partial charge in [-0.3, -0.25) is 0 Å². The molecule has 2 nitrogen and oxygen atoms in total. The maximum atomic E-state index is 5.92. The predicted molar refractivity (Wildman–Crippen MR) is 74.0 cm³/mol. The normalized spacial score (nSPS) is 10.5. The fourth-order valence-corrected chi connectivity index (χ4v) is 2.03. The van der Waals surface area contributed by atoms with E-state index in [1.165, 1.54) is 16.7 Å². The molecule has 0 unspecified atom stereocenters. The number of hydrogen-bond donors (Lipinski definition) is 2. The van der Waals surface area contributed by atoms with E-state index in [4.69, 9.17) is 11.5 Å². The fourth-order valence-electron chi connectivity index (χ4n) is 2.03. The molecule has 0 bridgehead atoms. The highest BCUT2D eigenvalue weighted by Gasteiger charge is 2.08. The largest absolute Gasteiger partial charge is 0.397 e. The van der Waals surface area contributed by atoms with E-state index >= 15 is 0 Å². The van der Waals surface area contributed by atoms with Gasteiger partial charge in [0.25, 0.3) is 0 Å². The lowest BCUT2D eigenvalue weighted by molar-refractivity contribution is 1.14. The van der Waals surface area contributed by atoms with E-state index in [0.717, 1.165) is 12.0 Å². The molecule has 0 fully saturated rings. The summed E-state index contributed by atoms with van der Waals surface area (Å²) in [5, 5.41) is 0. The highest BCUT2D eigenvalue weighted by molar-refractivity contribution is 5.70. The minimum Gasteiger partial charge on any atom is -0.397 e. The summed E-state index contributed by atoms with van der Waals surface area (Å²) < 4.78 is 0. The number of nitrogens with two attached hydrogens (primary N) is 2. The van der Waals surface area contributed by atoms with Crippen molar-refractivity contribution in [3.05, 3.63) is 58.7 Å². The van der Waals surface area contributed by atoms with Gasteiger partial charge < -0.3 is 11.5 Å². The SMILES string of the molecule is Cc1c(Cc2ccccc2)cc(N)c(N)c1C. The third kappa shape index (κ3) is 2.26. The lowest BCUT2D eigenvalue weighted by atomic mass is 9.95. The molecule has 0 aliphatic heterocycles. The first-order valence-corrected chi connectivity index (χ1v) is 5.77. The minimum atomic E-state index is 0.680. The summed E-state index contributed by atoms with van der Waals surface area (Å²) in [5.74, 6) is 0. The second-order valence-electron chi connectivity index (χ2n) is 4.45. The van der Waals surface area contributed by atoms with Gasteiger partial charge >= 0.3 is 0 Å². The van der Waals surface area contributed by atoms with Gasteiger partial charge in [-0.2, -0.15) is 0 Å². The standard InChI is InChI=1S/C15H18N2/c1-10-11(2)15(17)14(16)9-13(10)8-12-6-4-3-5-7-12/h3-7,9H,8,16-17H2,1-2H3. The third-order valence-corrected chi connectivity index (χ3v) is 3.33. The Labute approximate surface area is 102 Å². The average molecular weight is 226 g/mol. The van der Waals surface area contributed by atoms with Crippen molar-refractivity contribution in [2.75, 3.05) is 11.5 Å². The lowest BCUT2D eigenvalue weighted by Gasteiger charge is -2.13. The zero-order valence-electron chi connectivity index (χ0n) is 10.3. The van der Waals surface area contributed by atoms with Gasteiger partial charge in [0.2, 0.25) is 0 Å². The highest BCUT2D eigenvalue weighted by Crippen LogP contribution is 2.27. The molecule has 0 aliphatic carbocycles. The summed E-state index contributed by atoms with van der Waals surface area (Å²) in [4.78, 5) is 0. The van der Waals surface area contributed by atoms with E-state index in [2.05, 4.69) is 31.2 Å². The predicted octanol–water partition coefficient (Wildman–Crippen LogP) is 3.06. The molecule has 88 valence electrons. The summed E-state index contributed by atoms with van der Waals surface area (Å²) in [6, 6.07) is 12.4. The van der Waals surface area contributed by atoms with Gasteiger partial charge in [-0.25, -0.2) is 0 Å². The Hall–Kier alpha value is -1.96. The molecule has 0 atom stereocenters. The smallest absolute Gasteiger partial charge is 0.0580 e. The molecule has 4 N–H and O–H groups in total. The maximum absolute atomic E-state index is 5.92. The Morgan fingerprint density at radius 3 is 2.24 bits per heavy atom. The average Bonchev–Trinajstić information content (AvgIpc) is 2.35. The Balaban J connectivity index is 2.41. The second kappa shape index (κ2) is 4.50. The molecule has 0 spiro atoms. The van der Waals surface area contributed by atoms with Crippen LogP contribution in [0.4, 0.5) is 11.4 Å². The van der Waals surface area contributed by atoms with Crippen LogP contribution < -0.4 is 11.5 Å². The fraction of sp³-hybridized carbons (Fsp3) is 0.200. The molecule has 0 saturated carbocycles. The van der Waals surface area contributed by atoms with Gasteiger partial charge in [-0.05, 0) is 48.6 Å². The van der Waals surface area contributed by atoms with Crippen LogP contribution in [-0.2, 0) is 6.42 Å². The Kier molecular flexibility index (Phi) is 3.05. The lowest BCUT2D eigenvalue weighted by Crippen LogP contribution is -2.03. The molecule has 0 radical (unpaired) electrons. The van der Waals surface area contributed by atoms with Crippen LogP contribution in [0, 0.1) is 13.8 Å². The van der Waals surface area contributed by atoms with E-state index in [1.807, 2.05) is 19.1 Å². The molecule has 0 aliphatic rings. The highest BCUT2D eigenvalue weighted by atomic mass is 14.7. The summed E-state index contributed by atoms with van der Waals surface area (Å²) >= 11 is 0. The molecule has 2 heteroatoms. The molecule has 0 saturated heterocycles. The zero-order valence-corrected chi connectivity index (χ0v) is 10.3. The summed E-state index contributed by atoms with van der Waals surface area (Å²) in [5.41, 5.74) is 18.1. The Morgan fingerprint density at radius 2 is 1.59 bits per heavy atom. The van der Waals surface area contributed by atoms with E-state index < -0.39 is 0 Å². The van der Waals surface area contributed by atoms with Crippen LogP contribution in [0.2, 0.25) is 0 Å². The van der Waals surface area contributed by atoms with E-state index in [-0.39, 0.29) is 0 Å². The Morgan fingerprint density at radius 1 is 0.941 bits per heavy atom. The molecule has 2 aromatic rings. The van der Waals surface area contributed by atoms with Crippen LogP contribution in [0.15, 0.2) is 36.4 Å². The quantitative estimate of drug-likeness (QED) is 0.773. The summed E-state index contributed by atoms with van der Waals surface area (Å²) in [6.07, 6.45) is 0.901. The topological polar surface area (TPSA) is 52.0 Å². The van der Waals surface area contributed by atoms with Crippen molar-refractivity contribution >= 4 is 11.4 Å². The van der Waals surface area contributed by atoms with Crippen LogP contribution in [0.3, 0.4) is 0 Å². The van der Waals surface area contributed by atoms with Crippen LogP contribution in [0.25, 0.3) is 0 Å². The monoisotopic (exact) mass is 226 g/mol. The number of benzene rings is 2. The minimum absolute atomic E-state index is 0.680. The molecular formula is C15H18N2. The van der Waals surface area contributed by atoms with Crippen molar-refractivity contribution in [2.24, 2.45) is 0 Å². The van der Waals surface area contributed by atoms with E-state index in [9.17, 15) is 0 Å². The van der Waals surface area contributed by atoms with Crippen molar-refractivity contribution in [1.82, 2.24) is 0 Å². The zero-order chi connectivity index (χ0) is 12.4. The van der Waals surface area contributed by atoms with Gasteiger partial charge in [0.1, 0.15) is 0 Å². The summed E-state index contributed by atoms with van der Waals surface area (Å²) in [6.45, 7) is 4.12. The second-order valence-corrected chi connectivity index (χ2v) is 4.45. The molecule has 2 aromatic carbocycles. The van der Waals surface area contributed by atoms with Gasteiger partial charge in [0.15, 0.2) is 0 Å². The van der Waals surface area contributed by atoms with Crippen molar-refractivity contribution in [3.8, 4) is 0 Å². The van der Waals surface area contributed by atoms with Crippen LogP contribution >= 0.6 is 0 Å². The number of rotatable bonds is 2.